The van der Waals surface area contributed by atoms with Crippen molar-refractivity contribution in [3.8, 4) is 23.0 Å². The Kier molecular flexibility index (Phi) is 14.5. The molecular formula is C34H46O6. The van der Waals surface area contributed by atoms with Crippen LogP contribution in [0.5, 0.6) is 23.0 Å². The van der Waals surface area contributed by atoms with Crippen molar-refractivity contribution in [2.24, 2.45) is 0 Å². The lowest BCUT2D eigenvalue weighted by atomic mass is 10.0. The van der Waals surface area contributed by atoms with E-state index in [4.69, 9.17) is 4.74 Å². The summed E-state index contributed by atoms with van der Waals surface area (Å²) >= 11 is 0. The largest absolute Gasteiger partial charge is 0.507 e. The number of phenols is 4. The topological polar surface area (TPSA) is 107 Å². The average molecular weight is 551 g/mol. The van der Waals surface area contributed by atoms with Gasteiger partial charge in [0.2, 0.25) is 0 Å². The number of aromatic hydroxyl groups is 4. The zero-order valence-electron chi connectivity index (χ0n) is 24.3. The van der Waals surface area contributed by atoms with Gasteiger partial charge >= 0.3 is 5.97 Å². The quantitative estimate of drug-likeness (QED) is 0.0390. The number of fused-ring (bicyclic) bond motifs is 1. The number of hydrogen-bond acceptors (Lipinski definition) is 6. The second-order valence-electron chi connectivity index (χ2n) is 10.4. The molecule has 2 aromatic rings. The molecule has 0 spiro atoms. The van der Waals surface area contributed by atoms with Crippen molar-refractivity contribution in [3.63, 3.8) is 0 Å². The molecule has 0 aliphatic carbocycles. The maximum atomic E-state index is 12.7. The molecule has 6 heteroatoms. The Morgan fingerprint density at radius 3 is 2.00 bits per heavy atom. The molecule has 0 bridgehead atoms. The Bertz CT molecular complexity index is 1210. The molecule has 0 fully saturated rings. The number of esters is 1. The summed E-state index contributed by atoms with van der Waals surface area (Å²) in [6.07, 6.45) is 24.5. The van der Waals surface area contributed by atoms with Gasteiger partial charge in [0, 0.05) is 6.42 Å². The Morgan fingerprint density at radius 1 is 0.750 bits per heavy atom. The summed E-state index contributed by atoms with van der Waals surface area (Å²) in [7, 11) is 0. The maximum absolute atomic E-state index is 12.7. The van der Waals surface area contributed by atoms with E-state index >= 15 is 0 Å². The van der Waals surface area contributed by atoms with Crippen LogP contribution in [0.4, 0.5) is 0 Å². The standard InChI is InChI=1S/C34H46O6/c1-4-5-6-7-8-9-10-11-12-13-14-15-16-17-18-19-31(38)40-30(23-20-25(2)3)26-24-29(37)32-27(35)21-22-28(36)33(32)34(26)39/h8-9,11-12,20-24,35-37,39H,4-7,10,13-19H2,1-3H3/b9-8+,12-11+,30-23-. The van der Waals surface area contributed by atoms with E-state index in [1.807, 2.05) is 13.8 Å². The van der Waals surface area contributed by atoms with Crippen LogP contribution >= 0.6 is 0 Å². The maximum Gasteiger partial charge on any atom is 0.311 e. The average Bonchev–Trinajstić information content (AvgIpc) is 2.92. The summed E-state index contributed by atoms with van der Waals surface area (Å²) in [5.74, 6) is -1.77. The molecule has 0 aromatic heterocycles. The molecule has 0 heterocycles. The van der Waals surface area contributed by atoms with Gasteiger partial charge in [-0.25, -0.2) is 0 Å². The van der Waals surface area contributed by atoms with Gasteiger partial charge in [-0.2, -0.15) is 0 Å². The fourth-order valence-electron chi connectivity index (χ4n) is 4.35. The summed E-state index contributed by atoms with van der Waals surface area (Å²) in [6, 6.07) is 3.66. The van der Waals surface area contributed by atoms with Crippen LogP contribution in [-0.4, -0.2) is 26.4 Å². The van der Waals surface area contributed by atoms with E-state index in [0.717, 1.165) is 44.1 Å². The molecule has 218 valence electrons. The zero-order valence-corrected chi connectivity index (χ0v) is 24.3. The molecule has 4 N–H and O–H groups in total. The van der Waals surface area contributed by atoms with Gasteiger partial charge in [0.25, 0.3) is 0 Å². The van der Waals surface area contributed by atoms with E-state index in [9.17, 15) is 25.2 Å². The highest BCUT2D eigenvalue weighted by molar-refractivity contribution is 6.04. The number of unbranched alkanes of at least 4 members (excludes halogenated alkanes) is 8. The highest BCUT2D eigenvalue weighted by Gasteiger charge is 2.21. The summed E-state index contributed by atoms with van der Waals surface area (Å²) in [5, 5.41) is 41.6. The Morgan fingerprint density at radius 2 is 1.35 bits per heavy atom. The third-order valence-corrected chi connectivity index (χ3v) is 6.58. The van der Waals surface area contributed by atoms with Crippen LogP contribution in [0.25, 0.3) is 16.5 Å². The molecule has 0 saturated heterocycles. The predicted octanol–water partition coefficient (Wildman–Crippen LogP) is 9.33. The summed E-state index contributed by atoms with van der Waals surface area (Å²) in [5.41, 5.74) is 0.976. The molecule has 0 unspecified atom stereocenters. The summed E-state index contributed by atoms with van der Waals surface area (Å²) in [6.45, 7) is 5.97. The summed E-state index contributed by atoms with van der Waals surface area (Å²) < 4.78 is 5.61. The number of phenolic OH excluding ortho intramolecular Hbond substituents is 4. The van der Waals surface area contributed by atoms with Gasteiger partial charge in [-0.3, -0.25) is 4.79 Å². The van der Waals surface area contributed by atoms with Crippen molar-refractivity contribution in [1.29, 1.82) is 0 Å². The minimum absolute atomic E-state index is 0.0387. The minimum atomic E-state index is -0.446. The monoisotopic (exact) mass is 550 g/mol. The van der Waals surface area contributed by atoms with Crippen molar-refractivity contribution in [2.75, 3.05) is 0 Å². The van der Waals surface area contributed by atoms with Crippen LogP contribution in [0, 0.1) is 0 Å². The molecule has 2 aromatic carbocycles. The predicted molar refractivity (Wildman–Crippen MR) is 163 cm³/mol. The first-order valence-corrected chi connectivity index (χ1v) is 14.5. The van der Waals surface area contributed by atoms with Gasteiger partial charge in [0.1, 0.15) is 28.8 Å². The van der Waals surface area contributed by atoms with E-state index in [1.54, 1.807) is 12.2 Å². The van der Waals surface area contributed by atoms with Gasteiger partial charge in [-0.1, -0.05) is 75.0 Å². The zero-order chi connectivity index (χ0) is 29.3. The number of carbonyl (C=O) groups excluding carboxylic acids is 1. The van der Waals surface area contributed by atoms with Gasteiger partial charge in [-0.05, 0) is 76.6 Å². The van der Waals surface area contributed by atoms with Gasteiger partial charge in [-0.15, -0.1) is 0 Å². The van der Waals surface area contributed by atoms with E-state index in [-0.39, 0.29) is 45.8 Å². The highest BCUT2D eigenvalue weighted by Crippen LogP contribution is 2.46. The number of hydrogen-bond donors (Lipinski definition) is 4. The Balaban J connectivity index is 1.85. The fourth-order valence-corrected chi connectivity index (χ4v) is 4.35. The molecule has 0 amide bonds. The van der Waals surface area contributed by atoms with Crippen LogP contribution in [0.15, 0.2) is 60.2 Å². The summed E-state index contributed by atoms with van der Waals surface area (Å²) in [4.78, 5) is 12.7. The number of allylic oxidation sites excluding steroid dienone is 7. The van der Waals surface area contributed by atoms with Crippen LogP contribution in [0.1, 0.15) is 103 Å². The molecule has 40 heavy (non-hydrogen) atoms. The number of benzene rings is 2. The SMILES string of the molecule is CCCCC/C=C/C/C=C/CCCCCCCC(=O)O/C(=C\C=C(C)C)c1cc(O)c2c(O)ccc(O)c2c1O. The van der Waals surface area contributed by atoms with Gasteiger partial charge in [0.15, 0.2) is 0 Å². The Hall–Kier alpha value is -3.67. The Labute approximate surface area is 239 Å². The third kappa shape index (κ3) is 10.8. The first-order valence-electron chi connectivity index (χ1n) is 14.5. The molecule has 0 aliphatic heterocycles. The molecule has 6 nitrogen and oxygen atoms in total. The molecule has 0 radical (unpaired) electrons. The normalized spacial score (nSPS) is 12.0. The van der Waals surface area contributed by atoms with E-state index < -0.39 is 11.7 Å². The smallest absolute Gasteiger partial charge is 0.311 e. The first kappa shape index (κ1) is 32.5. The van der Waals surface area contributed by atoms with Crippen molar-refractivity contribution >= 4 is 22.5 Å². The van der Waals surface area contributed by atoms with Gasteiger partial charge in [0.05, 0.1) is 16.3 Å². The molecule has 0 atom stereocenters. The third-order valence-electron chi connectivity index (χ3n) is 6.58. The van der Waals surface area contributed by atoms with Crippen LogP contribution in [-0.2, 0) is 9.53 Å². The first-order chi connectivity index (χ1) is 19.3. The number of carbonyl (C=O) groups is 1. The number of ether oxygens (including phenoxy) is 1. The van der Waals surface area contributed by atoms with E-state index in [2.05, 4.69) is 31.2 Å². The lowest BCUT2D eigenvalue weighted by molar-refractivity contribution is -0.136. The van der Waals surface area contributed by atoms with Crippen molar-refractivity contribution in [1.82, 2.24) is 0 Å². The molecule has 0 saturated carbocycles. The van der Waals surface area contributed by atoms with Crippen LogP contribution in [0.2, 0.25) is 0 Å². The van der Waals surface area contributed by atoms with Gasteiger partial charge < -0.3 is 25.2 Å². The highest BCUT2D eigenvalue weighted by atomic mass is 16.5. The fraction of sp³-hybridized carbons (Fsp3) is 0.441. The lowest BCUT2D eigenvalue weighted by Crippen LogP contribution is -2.04. The van der Waals surface area contributed by atoms with Crippen LogP contribution < -0.4 is 0 Å². The second-order valence-corrected chi connectivity index (χ2v) is 10.4. The minimum Gasteiger partial charge on any atom is -0.507 e. The van der Waals surface area contributed by atoms with Crippen molar-refractivity contribution in [2.45, 2.75) is 97.8 Å². The number of rotatable bonds is 17. The second kappa shape index (κ2) is 17.8. The van der Waals surface area contributed by atoms with Crippen molar-refractivity contribution < 1.29 is 30.0 Å². The van der Waals surface area contributed by atoms with E-state index in [1.165, 1.54) is 43.9 Å². The molecular weight excluding hydrogens is 504 g/mol. The molecule has 0 aliphatic rings. The lowest BCUT2D eigenvalue weighted by Gasteiger charge is -2.15. The van der Waals surface area contributed by atoms with Crippen molar-refractivity contribution in [3.05, 3.63) is 65.8 Å². The van der Waals surface area contributed by atoms with E-state index in [0.29, 0.717) is 6.42 Å². The molecule has 2 rings (SSSR count). The van der Waals surface area contributed by atoms with Crippen LogP contribution in [0.3, 0.4) is 0 Å².